The van der Waals surface area contributed by atoms with Gasteiger partial charge in [0.2, 0.25) is 0 Å². The summed E-state index contributed by atoms with van der Waals surface area (Å²) < 4.78 is 5.35. The van der Waals surface area contributed by atoms with Gasteiger partial charge >= 0.3 is 5.97 Å². The molecular formula is C18H29NO2SSi. The van der Waals surface area contributed by atoms with E-state index in [0.717, 1.165) is 24.6 Å². The van der Waals surface area contributed by atoms with E-state index in [1.165, 1.54) is 11.6 Å². The first-order valence-electron chi connectivity index (χ1n) is 8.41. The molecule has 23 heavy (non-hydrogen) atoms. The van der Waals surface area contributed by atoms with Gasteiger partial charge in [0.1, 0.15) is 5.54 Å². The lowest BCUT2D eigenvalue weighted by molar-refractivity contribution is -0.146. The highest BCUT2D eigenvalue weighted by atomic mass is 32.2. The van der Waals surface area contributed by atoms with Crippen molar-refractivity contribution in [1.29, 1.82) is 0 Å². The van der Waals surface area contributed by atoms with E-state index >= 15 is 0 Å². The number of hydrogen-bond acceptors (Lipinski definition) is 4. The highest BCUT2D eigenvalue weighted by molar-refractivity contribution is 7.99. The second-order valence-electron chi connectivity index (χ2n) is 7.46. The normalized spacial score (nSPS) is 23.6. The summed E-state index contributed by atoms with van der Waals surface area (Å²) in [4.78, 5) is 14.7. The van der Waals surface area contributed by atoms with Gasteiger partial charge in [-0.1, -0.05) is 50.0 Å². The first-order chi connectivity index (χ1) is 10.9. The molecule has 1 fully saturated rings. The fourth-order valence-corrected chi connectivity index (χ4v) is 6.47. The Hall–Kier alpha value is -0.783. The number of esters is 1. The molecule has 0 bridgehead atoms. The largest absolute Gasteiger partial charge is 0.465 e. The molecule has 2 atom stereocenters. The van der Waals surface area contributed by atoms with E-state index in [4.69, 9.17) is 4.74 Å². The third-order valence-electron chi connectivity index (χ3n) is 4.16. The molecule has 1 saturated heterocycles. The van der Waals surface area contributed by atoms with Crippen LogP contribution in [0.2, 0.25) is 25.7 Å². The highest BCUT2D eigenvalue weighted by Crippen LogP contribution is 2.39. The van der Waals surface area contributed by atoms with Crippen molar-refractivity contribution >= 4 is 25.8 Å². The molecule has 1 heterocycles. The monoisotopic (exact) mass is 351 g/mol. The number of carbonyl (C=O) groups excluding carboxylic acids is 1. The Morgan fingerprint density at radius 2 is 2.00 bits per heavy atom. The minimum Gasteiger partial charge on any atom is -0.465 e. The van der Waals surface area contributed by atoms with Gasteiger partial charge in [-0.15, -0.1) is 0 Å². The lowest BCUT2D eigenvalue weighted by Crippen LogP contribution is -2.34. The Labute approximate surface area is 145 Å². The van der Waals surface area contributed by atoms with E-state index in [-0.39, 0.29) is 5.97 Å². The van der Waals surface area contributed by atoms with Crippen molar-refractivity contribution in [2.24, 2.45) is 0 Å². The van der Waals surface area contributed by atoms with Crippen LogP contribution in [0.15, 0.2) is 30.3 Å². The van der Waals surface area contributed by atoms with Gasteiger partial charge in [-0.2, -0.15) is 11.8 Å². The van der Waals surface area contributed by atoms with Crippen LogP contribution < -0.4 is 0 Å². The van der Waals surface area contributed by atoms with Crippen molar-refractivity contribution in [3.05, 3.63) is 35.9 Å². The molecule has 1 aliphatic rings. The summed E-state index contributed by atoms with van der Waals surface area (Å²) in [7, 11) is -1.00. The first kappa shape index (κ1) is 18.6. The van der Waals surface area contributed by atoms with Crippen LogP contribution in [0.1, 0.15) is 12.5 Å². The highest BCUT2D eigenvalue weighted by Gasteiger charge is 2.58. The molecule has 0 amide bonds. The number of thioether (sulfide) groups is 1. The van der Waals surface area contributed by atoms with Crippen LogP contribution >= 0.6 is 11.8 Å². The maximum Gasteiger partial charge on any atom is 0.328 e. The predicted molar refractivity (Wildman–Crippen MR) is 102 cm³/mol. The predicted octanol–water partition coefficient (Wildman–Crippen LogP) is 3.88. The van der Waals surface area contributed by atoms with Gasteiger partial charge in [0.05, 0.1) is 6.61 Å². The second kappa shape index (κ2) is 7.86. The average molecular weight is 352 g/mol. The molecule has 0 spiro atoms. The Kier molecular flexibility index (Phi) is 6.34. The standard InChI is InChI=1S/C18H29NO2SSi/c1-5-21-17(20)18(15-22-11-12-23(2,3)4)14-19(18)13-16-9-7-6-8-10-16/h6-10H,5,11-15H2,1-4H3. The minimum absolute atomic E-state index is 0.0450. The Bertz CT molecular complexity index is 518. The van der Waals surface area contributed by atoms with E-state index in [0.29, 0.717) is 6.61 Å². The Morgan fingerprint density at radius 3 is 2.61 bits per heavy atom. The van der Waals surface area contributed by atoms with Crippen LogP contribution in [0.25, 0.3) is 0 Å². The van der Waals surface area contributed by atoms with E-state index in [2.05, 4.69) is 36.7 Å². The maximum atomic E-state index is 12.5. The van der Waals surface area contributed by atoms with Crippen LogP contribution in [0.4, 0.5) is 0 Å². The average Bonchev–Trinajstić information content (AvgIpc) is 3.18. The van der Waals surface area contributed by atoms with Crippen LogP contribution in [0, 0.1) is 0 Å². The number of benzene rings is 1. The number of nitrogens with zero attached hydrogens (tertiary/aromatic N) is 1. The molecule has 0 radical (unpaired) electrons. The zero-order valence-electron chi connectivity index (χ0n) is 14.8. The Morgan fingerprint density at radius 1 is 1.30 bits per heavy atom. The van der Waals surface area contributed by atoms with Crippen molar-refractivity contribution < 1.29 is 9.53 Å². The van der Waals surface area contributed by atoms with E-state index < -0.39 is 13.6 Å². The summed E-state index contributed by atoms with van der Waals surface area (Å²) in [6.07, 6.45) is 0. The quantitative estimate of drug-likeness (QED) is 0.292. The summed E-state index contributed by atoms with van der Waals surface area (Å²) in [5.41, 5.74) is 0.862. The fraction of sp³-hybridized carbons (Fsp3) is 0.611. The lowest BCUT2D eigenvalue weighted by atomic mass is 10.2. The maximum absolute atomic E-state index is 12.5. The third-order valence-corrected chi connectivity index (χ3v) is 7.45. The molecular weight excluding hydrogens is 322 g/mol. The van der Waals surface area contributed by atoms with Crippen molar-refractivity contribution in [2.75, 3.05) is 24.7 Å². The molecule has 0 saturated carbocycles. The van der Waals surface area contributed by atoms with Crippen molar-refractivity contribution in [2.45, 2.75) is 44.7 Å². The molecule has 0 aliphatic carbocycles. The van der Waals surface area contributed by atoms with Crippen LogP contribution in [0.5, 0.6) is 0 Å². The van der Waals surface area contributed by atoms with Gasteiger partial charge < -0.3 is 4.74 Å². The van der Waals surface area contributed by atoms with Crippen LogP contribution in [0.3, 0.4) is 0 Å². The lowest BCUT2D eigenvalue weighted by Gasteiger charge is -2.18. The van der Waals surface area contributed by atoms with Crippen molar-refractivity contribution in [3.63, 3.8) is 0 Å². The summed E-state index contributed by atoms with van der Waals surface area (Å²) in [5, 5.41) is 0. The SMILES string of the molecule is CCOC(=O)C1(CSCC[Si](C)(C)C)CN1Cc1ccccc1. The smallest absolute Gasteiger partial charge is 0.328 e. The minimum atomic E-state index is -1.00. The summed E-state index contributed by atoms with van der Waals surface area (Å²) in [5.74, 6) is 1.95. The Balaban J connectivity index is 1.92. The summed E-state index contributed by atoms with van der Waals surface area (Å²) in [6.45, 7) is 11.2. The van der Waals surface area contributed by atoms with Gasteiger partial charge in [0, 0.05) is 26.9 Å². The molecule has 0 N–H and O–H groups in total. The fourth-order valence-electron chi connectivity index (χ4n) is 2.57. The molecule has 2 rings (SSSR count). The van der Waals surface area contributed by atoms with Crippen molar-refractivity contribution in [1.82, 2.24) is 4.90 Å². The number of rotatable bonds is 9. The van der Waals surface area contributed by atoms with Gasteiger partial charge in [-0.25, -0.2) is 4.79 Å². The van der Waals surface area contributed by atoms with Crippen LogP contribution in [-0.4, -0.2) is 49.1 Å². The molecule has 1 aromatic carbocycles. The van der Waals surface area contributed by atoms with Gasteiger partial charge in [-0.3, -0.25) is 4.90 Å². The molecule has 1 aliphatic heterocycles. The van der Waals surface area contributed by atoms with Gasteiger partial charge in [-0.05, 0) is 24.3 Å². The zero-order valence-corrected chi connectivity index (χ0v) is 16.6. The third kappa shape index (κ3) is 5.36. The summed E-state index contributed by atoms with van der Waals surface area (Å²) >= 11 is 1.91. The molecule has 3 nitrogen and oxygen atoms in total. The summed E-state index contributed by atoms with van der Waals surface area (Å²) in [6, 6.07) is 11.7. The number of ether oxygens (including phenoxy) is 1. The second-order valence-corrected chi connectivity index (χ2v) is 14.2. The molecule has 1 aromatic rings. The molecule has 5 heteroatoms. The topological polar surface area (TPSA) is 29.3 Å². The molecule has 128 valence electrons. The number of hydrogen-bond donors (Lipinski definition) is 0. The van der Waals surface area contributed by atoms with E-state index in [1.807, 2.05) is 36.9 Å². The zero-order chi connectivity index (χ0) is 16.9. The van der Waals surface area contributed by atoms with Gasteiger partial charge in [0.15, 0.2) is 0 Å². The van der Waals surface area contributed by atoms with Crippen LogP contribution in [-0.2, 0) is 16.1 Å². The van der Waals surface area contributed by atoms with E-state index in [1.54, 1.807) is 0 Å². The first-order valence-corrected chi connectivity index (χ1v) is 13.3. The van der Waals surface area contributed by atoms with Crippen molar-refractivity contribution in [3.8, 4) is 0 Å². The number of carbonyl (C=O) groups is 1. The van der Waals surface area contributed by atoms with E-state index in [9.17, 15) is 4.79 Å². The van der Waals surface area contributed by atoms with Gasteiger partial charge in [0.25, 0.3) is 0 Å². The molecule has 0 aromatic heterocycles. The molecule has 2 unspecified atom stereocenters.